The second-order valence-electron chi connectivity index (χ2n) is 8.07. The van der Waals surface area contributed by atoms with Crippen LogP contribution in [-0.2, 0) is 21.3 Å². The number of nitrogens with one attached hydrogen (secondary N) is 1. The molecule has 0 spiro atoms. The molecule has 0 unspecified atom stereocenters. The summed E-state index contributed by atoms with van der Waals surface area (Å²) in [4.78, 5) is 12.6. The number of nitrogens with zero attached hydrogens (tertiary/aromatic N) is 3. The van der Waals surface area contributed by atoms with Gasteiger partial charge in [-0.2, -0.15) is 9.41 Å². The maximum Gasteiger partial charge on any atom is 0.271 e. The van der Waals surface area contributed by atoms with E-state index in [9.17, 15) is 13.2 Å². The lowest BCUT2D eigenvalue weighted by atomic mass is 10.2. The molecule has 1 aliphatic rings. The molecule has 1 aromatic carbocycles. The van der Waals surface area contributed by atoms with Crippen molar-refractivity contribution in [3.05, 3.63) is 52.8 Å². The lowest BCUT2D eigenvalue weighted by Gasteiger charge is -2.26. The summed E-state index contributed by atoms with van der Waals surface area (Å²) in [5.41, 5.74) is 5.89. The van der Waals surface area contributed by atoms with E-state index < -0.39 is 15.9 Å². The first-order valence-electron chi connectivity index (χ1n) is 10.4. The van der Waals surface area contributed by atoms with Crippen LogP contribution in [0.5, 0.6) is 0 Å². The summed E-state index contributed by atoms with van der Waals surface area (Å²) in [6, 6.07) is 8.03. The van der Waals surface area contributed by atoms with E-state index in [1.807, 2.05) is 19.9 Å². The molecule has 1 fully saturated rings. The fourth-order valence-electron chi connectivity index (χ4n) is 3.56. The average Bonchev–Trinajstić information content (AvgIpc) is 3.01. The number of carbonyl (C=O) groups is 1. The number of rotatable bonds is 7. The molecule has 1 aliphatic heterocycles. The predicted octanol–water partition coefficient (Wildman–Crippen LogP) is 2.55. The number of hydrazone groups is 1. The van der Waals surface area contributed by atoms with Crippen molar-refractivity contribution in [2.45, 2.75) is 39.1 Å². The van der Waals surface area contributed by atoms with Gasteiger partial charge in [0.25, 0.3) is 5.91 Å². The molecule has 2 aromatic rings. The Morgan fingerprint density at radius 3 is 2.61 bits per heavy atom. The van der Waals surface area contributed by atoms with Gasteiger partial charge in [0, 0.05) is 42.1 Å². The number of aryl methyl sites for hydroxylation is 1. The normalized spacial score (nSPS) is 15.6. The third kappa shape index (κ3) is 5.41. The van der Waals surface area contributed by atoms with Gasteiger partial charge in [-0.1, -0.05) is 19.9 Å². The van der Waals surface area contributed by atoms with Crippen molar-refractivity contribution in [2.24, 2.45) is 11.0 Å². The minimum Gasteiger partial charge on any atom is -0.379 e. The first-order valence-corrected chi connectivity index (χ1v) is 11.8. The van der Waals surface area contributed by atoms with Gasteiger partial charge in [-0.25, -0.2) is 13.8 Å². The number of carbonyl (C=O) groups excluding carboxylic acids is 1. The van der Waals surface area contributed by atoms with E-state index >= 15 is 0 Å². The molecule has 0 bridgehead atoms. The first-order chi connectivity index (χ1) is 14.7. The molecule has 8 nitrogen and oxygen atoms in total. The molecule has 0 atom stereocenters. The molecular weight excluding hydrogens is 416 g/mol. The van der Waals surface area contributed by atoms with Crippen molar-refractivity contribution in [1.82, 2.24) is 14.3 Å². The highest BCUT2D eigenvalue weighted by atomic mass is 32.2. The minimum atomic E-state index is -3.67. The number of hydrogen-bond donors (Lipinski definition) is 1. The van der Waals surface area contributed by atoms with Crippen LogP contribution in [0.15, 0.2) is 40.3 Å². The lowest BCUT2D eigenvalue weighted by molar-refractivity contribution is 0.0730. The summed E-state index contributed by atoms with van der Waals surface area (Å²) in [5.74, 6) is 0.0570. The number of aromatic nitrogens is 1. The molecule has 31 heavy (non-hydrogen) atoms. The lowest BCUT2D eigenvalue weighted by Crippen LogP contribution is -2.40. The summed E-state index contributed by atoms with van der Waals surface area (Å²) < 4.78 is 34.5. The number of sulfonamides is 1. The van der Waals surface area contributed by atoms with Crippen LogP contribution in [0.4, 0.5) is 0 Å². The van der Waals surface area contributed by atoms with Crippen LogP contribution in [-0.4, -0.2) is 55.7 Å². The molecule has 1 aromatic heterocycles. The second-order valence-corrected chi connectivity index (χ2v) is 10.0. The van der Waals surface area contributed by atoms with Gasteiger partial charge in [-0.3, -0.25) is 4.79 Å². The average molecular weight is 447 g/mol. The Morgan fingerprint density at radius 1 is 1.23 bits per heavy atom. The van der Waals surface area contributed by atoms with E-state index in [-0.39, 0.29) is 10.5 Å². The highest BCUT2D eigenvalue weighted by Crippen LogP contribution is 2.19. The predicted molar refractivity (Wildman–Crippen MR) is 120 cm³/mol. The maximum atomic E-state index is 12.8. The van der Waals surface area contributed by atoms with Crippen LogP contribution in [0.25, 0.3) is 0 Å². The third-order valence-corrected chi connectivity index (χ3v) is 7.13. The molecule has 3 rings (SSSR count). The van der Waals surface area contributed by atoms with E-state index in [1.165, 1.54) is 16.4 Å². The van der Waals surface area contributed by atoms with Crippen molar-refractivity contribution < 1.29 is 17.9 Å². The van der Waals surface area contributed by atoms with E-state index in [1.54, 1.807) is 18.3 Å². The van der Waals surface area contributed by atoms with Crippen LogP contribution >= 0.6 is 0 Å². The number of morpholine rings is 1. The molecule has 1 saturated heterocycles. The first kappa shape index (κ1) is 23.2. The van der Waals surface area contributed by atoms with Crippen molar-refractivity contribution in [2.75, 3.05) is 26.3 Å². The van der Waals surface area contributed by atoms with Crippen LogP contribution in [0, 0.1) is 19.8 Å². The fraction of sp³-hybridized carbons (Fsp3) is 0.455. The summed E-state index contributed by atoms with van der Waals surface area (Å²) >= 11 is 0. The molecule has 1 amide bonds. The molecular formula is C22H30N4O4S. The molecule has 0 aliphatic carbocycles. The van der Waals surface area contributed by atoms with Gasteiger partial charge in [0.05, 0.1) is 24.3 Å². The van der Waals surface area contributed by atoms with Crippen molar-refractivity contribution in [3.8, 4) is 0 Å². The van der Waals surface area contributed by atoms with Crippen molar-refractivity contribution >= 4 is 22.1 Å². The highest BCUT2D eigenvalue weighted by Gasteiger charge is 2.26. The molecule has 0 radical (unpaired) electrons. The van der Waals surface area contributed by atoms with Crippen molar-refractivity contribution in [3.63, 3.8) is 0 Å². The zero-order valence-electron chi connectivity index (χ0n) is 18.5. The Balaban J connectivity index is 1.71. The highest BCUT2D eigenvalue weighted by molar-refractivity contribution is 7.89. The Labute approximate surface area is 183 Å². The molecule has 168 valence electrons. The van der Waals surface area contributed by atoms with E-state index in [0.29, 0.717) is 32.2 Å². The van der Waals surface area contributed by atoms with Crippen molar-refractivity contribution in [1.29, 1.82) is 0 Å². The summed E-state index contributed by atoms with van der Waals surface area (Å²) in [6.07, 6.45) is 1.62. The van der Waals surface area contributed by atoms with Gasteiger partial charge >= 0.3 is 0 Å². The number of benzene rings is 1. The summed E-state index contributed by atoms with van der Waals surface area (Å²) in [5, 5.41) is 4.08. The number of ether oxygens (including phenoxy) is 1. The Kier molecular flexibility index (Phi) is 7.30. The molecule has 9 heteroatoms. The van der Waals surface area contributed by atoms with Crippen LogP contribution in [0.2, 0.25) is 0 Å². The van der Waals surface area contributed by atoms with Gasteiger partial charge in [0.1, 0.15) is 0 Å². The monoisotopic (exact) mass is 446 g/mol. The standard InChI is InChI=1S/C22H30N4O4S/c1-16(2)15-26-17(3)12-20(18(26)4)14-23-24-22(27)19-6-5-7-21(13-19)31(28,29)25-8-10-30-11-9-25/h5-7,12-14,16H,8-11,15H2,1-4H3,(H,24,27)/b23-14+. The Morgan fingerprint density at radius 2 is 1.94 bits per heavy atom. The largest absolute Gasteiger partial charge is 0.379 e. The number of amides is 1. The Hall–Kier alpha value is -2.49. The fourth-order valence-corrected chi connectivity index (χ4v) is 5.02. The second kappa shape index (κ2) is 9.76. The maximum absolute atomic E-state index is 12.8. The van der Waals surface area contributed by atoms with Crippen LogP contribution < -0.4 is 5.43 Å². The van der Waals surface area contributed by atoms with Gasteiger partial charge < -0.3 is 9.30 Å². The van der Waals surface area contributed by atoms with E-state index in [2.05, 4.69) is 28.9 Å². The zero-order chi connectivity index (χ0) is 22.6. The molecule has 1 N–H and O–H groups in total. The quantitative estimate of drug-likeness (QED) is 0.523. The van der Waals surface area contributed by atoms with Crippen LogP contribution in [0.3, 0.4) is 0 Å². The summed E-state index contributed by atoms with van der Waals surface area (Å²) in [7, 11) is -3.67. The topological polar surface area (TPSA) is 93.0 Å². The smallest absolute Gasteiger partial charge is 0.271 e. The van der Waals surface area contributed by atoms with E-state index in [4.69, 9.17) is 4.74 Å². The third-order valence-electron chi connectivity index (χ3n) is 5.23. The molecule has 2 heterocycles. The van der Waals surface area contributed by atoms with Crippen LogP contribution in [0.1, 0.15) is 41.2 Å². The Bertz CT molecular complexity index is 1070. The van der Waals surface area contributed by atoms with Gasteiger partial charge in [-0.15, -0.1) is 0 Å². The number of hydrogen-bond acceptors (Lipinski definition) is 5. The van der Waals surface area contributed by atoms with Gasteiger partial charge in [0.15, 0.2) is 0 Å². The van der Waals surface area contributed by atoms with Gasteiger partial charge in [0.2, 0.25) is 10.0 Å². The van der Waals surface area contributed by atoms with E-state index in [0.717, 1.165) is 23.5 Å². The zero-order valence-corrected chi connectivity index (χ0v) is 19.3. The SMILES string of the molecule is Cc1cc(/C=N/NC(=O)c2cccc(S(=O)(=O)N3CCOCC3)c2)c(C)n1CC(C)C. The molecule has 0 saturated carbocycles. The summed E-state index contributed by atoms with van der Waals surface area (Å²) in [6.45, 7) is 10.7. The minimum absolute atomic E-state index is 0.0864. The van der Waals surface area contributed by atoms with Gasteiger partial charge in [-0.05, 0) is 44.0 Å².